The minimum absolute atomic E-state index is 0.939. The van der Waals surface area contributed by atoms with Crippen LogP contribution in [0.15, 0.2) is 40.6 Å². The van der Waals surface area contributed by atoms with Crippen molar-refractivity contribution >= 4 is 32.7 Å². The zero-order valence-corrected chi connectivity index (χ0v) is 11.8. The predicted molar refractivity (Wildman–Crippen MR) is 77.8 cm³/mol. The lowest BCUT2D eigenvalue weighted by molar-refractivity contribution is 0.793. The van der Waals surface area contributed by atoms with E-state index in [2.05, 4.69) is 49.9 Å². The van der Waals surface area contributed by atoms with Gasteiger partial charge in [0.15, 0.2) is 0 Å². The maximum atomic E-state index is 4.51. The van der Waals surface area contributed by atoms with Gasteiger partial charge in [-0.05, 0) is 41.4 Å². The molecular formula is C14H14BrN3. The van der Waals surface area contributed by atoms with E-state index in [0.29, 0.717) is 0 Å². The third-order valence-electron chi connectivity index (χ3n) is 3.20. The summed E-state index contributed by atoms with van der Waals surface area (Å²) in [6, 6.07) is 4.07. The second kappa shape index (κ2) is 4.69. The lowest BCUT2D eigenvalue weighted by Gasteiger charge is -2.28. The molecule has 0 radical (unpaired) electrons. The molecule has 0 spiro atoms. The Morgan fingerprint density at radius 1 is 1.33 bits per heavy atom. The third-order valence-corrected chi connectivity index (χ3v) is 3.63. The molecule has 2 aromatic rings. The number of hydrogen-bond donors (Lipinski definition) is 0. The summed E-state index contributed by atoms with van der Waals surface area (Å²) in [6.07, 6.45) is 7.11. The van der Waals surface area contributed by atoms with Crippen molar-refractivity contribution in [2.75, 3.05) is 18.0 Å². The Hall–Kier alpha value is -1.42. The molecule has 92 valence electrons. The highest BCUT2D eigenvalue weighted by atomic mass is 79.9. The van der Waals surface area contributed by atoms with E-state index in [0.717, 1.165) is 35.0 Å². The summed E-state index contributed by atoms with van der Waals surface area (Å²) in [6.45, 7) is 4.21. The van der Waals surface area contributed by atoms with E-state index in [4.69, 9.17) is 0 Å². The normalized spacial score (nSPS) is 15.9. The van der Waals surface area contributed by atoms with Gasteiger partial charge in [-0.1, -0.05) is 11.6 Å². The zero-order valence-electron chi connectivity index (χ0n) is 10.2. The standard InChI is InChI=1S/C14H14BrN3/c1-10-3-2-6-18(9-10)13-4-5-16-12-7-11(15)8-17-14(12)13/h3-5,7-8H,2,6,9H2,1H3. The Morgan fingerprint density at radius 3 is 3.06 bits per heavy atom. The summed E-state index contributed by atoms with van der Waals surface area (Å²) in [5.41, 5.74) is 4.52. The summed E-state index contributed by atoms with van der Waals surface area (Å²) < 4.78 is 0.967. The van der Waals surface area contributed by atoms with Crippen molar-refractivity contribution in [1.29, 1.82) is 0 Å². The molecule has 4 heteroatoms. The van der Waals surface area contributed by atoms with E-state index < -0.39 is 0 Å². The van der Waals surface area contributed by atoms with Crippen LogP contribution < -0.4 is 4.90 Å². The minimum Gasteiger partial charge on any atom is -0.365 e. The van der Waals surface area contributed by atoms with Crippen LogP contribution in [0.5, 0.6) is 0 Å². The summed E-state index contributed by atoms with van der Waals surface area (Å²) in [5.74, 6) is 0. The van der Waals surface area contributed by atoms with E-state index in [1.54, 1.807) is 0 Å². The number of hydrogen-bond acceptors (Lipinski definition) is 3. The van der Waals surface area contributed by atoms with Gasteiger partial charge in [0.1, 0.15) is 5.52 Å². The van der Waals surface area contributed by atoms with Crippen LogP contribution in [0.25, 0.3) is 11.0 Å². The summed E-state index contributed by atoms with van der Waals surface area (Å²) in [7, 11) is 0. The first-order valence-electron chi connectivity index (χ1n) is 6.05. The fourth-order valence-electron chi connectivity index (χ4n) is 2.36. The van der Waals surface area contributed by atoms with E-state index in [9.17, 15) is 0 Å². The Kier molecular flexibility index (Phi) is 3.04. The van der Waals surface area contributed by atoms with Gasteiger partial charge >= 0.3 is 0 Å². The third kappa shape index (κ3) is 2.12. The molecule has 0 N–H and O–H groups in total. The van der Waals surface area contributed by atoms with Gasteiger partial charge < -0.3 is 4.90 Å². The number of aromatic nitrogens is 2. The summed E-state index contributed by atoms with van der Waals surface area (Å²) >= 11 is 3.44. The molecular weight excluding hydrogens is 290 g/mol. The first kappa shape index (κ1) is 11.7. The average molecular weight is 304 g/mol. The van der Waals surface area contributed by atoms with E-state index >= 15 is 0 Å². The molecule has 0 unspecified atom stereocenters. The van der Waals surface area contributed by atoms with E-state index in [1.165, 1.54) is 11.3 Å². The zero-order chi connectivity index (χ0) is 12.5. The topological polar surface area (TPSA) is 29.0 Å². The largest absolute Gasteiger partial charge is 0.365 e. The molecule has 3 nitrogen and oxygen atoms in total. The Balaban J connectivity index is 2.09. The fraction of sp³-hybridized carbons (Fsp3) is 0.286. The number of pyridine rings is 2. The number of halogens is 1. The van der Waals surface area contributed by atoms with Crippen molar-refractivity contribution in [1.82, 2.24) is 9.97 Å². The van der Waals surface area contributed by atoms with Crippen LogP contribution >= 0.6 is 15.9 Å². The number of anilines is 1. The number of fused-ring (bicyclic) bond motifs is 1. The molecule has 0 saturated carbocycles. The monoisotopic (exact) mass is 303 g/mol. The molecule has 0 amide bonds. The van der Waals surface area contributed by atoms with Gasteiger partial charge in [0.05, 0.1) is 11.2 Å². The highest BCUT2D eigenvalue weighted by Crippen LogP contribution is 2.27. The van der Waals surface area contributed by atoms with Crippen molar-refractivity contribution in [3.05, 3.63) is 40.6 Å². The van der Waals surface area contributed by atoms with Crippen molar-refractivity contribution < 1.29 is 0 Å². The maximum Gasteiger partial charge on any atom is 0.112 e. The lowest BCUT2D eigenvalue weighted by Crippen LogP contribution is -2.29. The maximum absolute atomic E-state index is 4.51. The molecule has 0 aliphatic carbocycles. The second-order valence-corrected chi connectivity index (χ2v) is 5.53. The molecule has 0 bridgehead atoms. The van der Waals surface area contributed by atoms with Crippen molar-refractivity contribution in [2.24, 2.45) is 0 Å². The van der Waals surface area contributed by atoms with Crippen LogP contribution in [0.4, 0.5) is 5.69 Å². The van der Waals surface area contributed by atoms with Crippen molar-refractivity contribution in [3.63, 3.8) is 0 Å². The average Bonchev–Trinajstić information content (AvgIpc) is 2.37. The molecule has 1 aliphatic heterocycles. The summed E-state index contributed by atoms with van der Waals surface area (Å²) in [5, 5.41) is 0. The van der Waals surface area contributed by atoms with Gasteiger partial charge in [-0.15, -0.1) is 0 Å². The minimum atomic E-state index is 0.939. The van der Waals surface area contributed by atoms with Gasteiger partial charge in [-0.2, -0.15) is 0 Å². The number of nitrogens with zero attached hydrogens (tertiary/aromatic N) is 3. The number of rotatable bonds is 1. The fourth-order valence-corrected chi connectivity index (χ4v) is 2.68. The quantitative estimate of drug-likeness (QED) is 0.755. The molecule has 1 aliphatic rings. The highest BCUT2D eigenvalue weighted by molar-refractivity contribution is 9.10. The van der Waals surface area contributed by atoms with Crippen LogP contribution in [0.3, 0.4) is 0 Å². The SMILES string of the molecule is CC1=CCCN(c2ccnc3cc(Br)cnc23)C1. The van der Waals surface area contributed by atoms with E-state index in [-0.39, 0.29) is 0 Å². The van der Waals surface area contributed by atoms with Crippen molar-refractivity contribution in [2.45, 2.75) is 13.3 Å². The van der Waals surface area contributed by atoms with Crippen LogP contribution in [-0.2, 0) is 0 Å². The second-order valence-electron chi connectivity index (χ2n) is 4.61. The molecule has 0 fully saturated rings. The Morgan fingerprint density at radius 2 is 2.22 bits per heavy atom. The van der Waals surface area contributed by atoms with Gasteiger partial charge in [0.25, 0.3) is 0 Å². The molecule has 0 aromatic carbocycles. The van der Waals surface area contributed by atoms with E-state index in [1.807, 2.05) is 18.5 Å². The predicted octanol–water partition coefficient (Wildman–Crippen LogP) is 3.55. The van der Waals surface area contributed by atoms with Crippen LogP contribution in [0.1, 0.15) is 13.3 Å². The molecule has 0 saturated heterocycles. The van der Waals surface area contributed by atoms with Crippen LogP contribution in [-0.4, -0.2) is 23.1 Å². The van der Waals surface area contributed by atoms with Gasteiger partial charge in [0.2, 0.25) is 0 Å². The lowest BCUT2D eigenvalue weighted by atomic mass is 10.1. The molecule has 3 heterocycles. The summed E-state index contributed by atoms with van der Waals surface area (Å²) in [4.78, 5) is 11.3. The van der Waals surface area contributed by atoms with Gasteiger partial charge in [0, 0.05) is 30.0 Å². The van der Waals surface area contributed by atoms with Crippen LogP contribution in [0.2, 0.25) is 0 Å². The van der Waals surface area contributed by atoms with Crippen molar-refractivity contribution in [3.8, 4) is 0 Å². The molecule has 2 aromatic heterocycles. The molecule has 0 atom stereocenters. The Bertz CT molecular complexity index is 621. The molecule has 3 rings (SSSR count). The van der Waals surface area contributed by atoms with Gasteiger partial charge in [-0.25, -0.2) is 0 Å². The first-order chi connectivity index (χ1) is 8.74. The van der Waals surface area contributed by atoms with Gasteiger partial charge in [-0.3, -0.25) is 9.97 Å². The highest BCUT2D eigenvalue weighted by Gasteiger charge is 2.14. The smallest absolute Gasteiger partial charge is 0.112 e. The van der Waals surface area contributed by atoms with Crippen LogP contribution in [0, 0.1) is 0 Å². The first-order valence-corrected chi connectivity index (χ1v) is 6.84. The Labute approximate surface area is 115 Å². The molecule has 18 heavy (non-hydrogen) atoms.